The monoisotopic (exact) mass is 345 g/mol. The van der Waals surface area contributed by atoms with Crippen molar-refractivity contribution < 1.29 is 0 Å². The van der Waals surface area contributed by atoms with Gasteiger partial charge in [-0.3, -0.25) is 0 Å². The Morgan fingerprint density at radius 1 is 1.05 bits per heavy atom. The molecule has 0 unspecified atom stereocenters. The fourth-order valence-electron chi connectivity index (χ4n) is 2.31. The van der Waals surface area contributed by atoms with Crippen LogP contribution < -0.4 is 5.32 Å². The molecule has 0 fully saturated rings. The molecule has 0 amide bonds. The van der Waals surface area contributed by atoms with Crippen molar-refractivity contribution in [3.05, 3.63) is 53.4 Å². The number of aromatic nitrogens is 2. The molecule has 0 aliphatic rings. The maximum absolute atomic E-state index is 4.50. The van der Waals surface area contributed by atoms with Crippen LogP contribution in [-0.2, 0) is 6.54 Å². The van der Waals surface area contributed by atoms with Crippen LogP contribution in [0, 0.1) is 0 Å². The van der Waals surface area contributed by atoms with Crippen LogP contribution in [0.1, 0.15) is 5.56 Å². The number of hydrogen-bond acceptors (Lipinski definition) is 4. The summed E-state index contributed by atoms with van der Waals surface area (Å²) in [5.74, 6) is 0. The van der Waals surface area contributed by atoms with E-state index in [0.717, 1.165) is 23.3 Å². The van der Waals surface area contributed by atoms with Crippen molar-refractivity contribution in [3.8, 4) is 0 Å². The summed E-state index contributed by atoms with van der Waals surface area (Å²) in [6, 6.07) is 14.7. The molecule has 0 aliphatic heterocycles. The molecule has 98 valence electrons. The Morgan fingerprint density at radius 3 is 3.00 bits per heavy atom. The Morgan fingerprint density at radius 2 is 2.00 bits per heavy atom. The molecule has 2 heterocycles. The molecule has 4 aromatic rings. The molecule has 0 saturated heterocycles. The van der Waals surface area contributed by atoms with E-state index < -0.39 is 0 Å². The zero-order valence-corrected chi connectivity index (χ0v) is 13.1. The molecular formula is C15H11N3SSe. The second kappa shape index (κ2) is 5.02. The van der Waals surface area contributed by atoms with Gasteiger partial charge in [0.05, 0.1) is 0 Å². The molecular weight excluding hydrogens is 333 g/mol. The number of nitrogens with zero attached hydrogens (tertiary/aromatic N) is 2. The van der Waals surface area contributed by atoms with Crippen LogP contribution in [0.15, 0.2) is 47.8 Å². The number of rotatable bonds is 3. The summed E-state index contributed by atoms with van der Waals surface area (Å²) in [5, 5.41) is 7.07. The van der Waals surface area contributed by atoms with E-state index in [-0.39, 0.29) is 15.0 Å². The van der Waals surface area contributed by atoms with Crippen molar-refractivity contribution in [1.29, 1.82) is 0 Å². The second-order valence-corrected chi connectivity index (χ2v) is 6.57. The summed E-state index contributed by atoms with van der Waals surface area (Å²) in [5.41, 5.74) is 4.46. The van der Waals surface area contributed by atoms with Gasteiger partial charge in [-0.1, -0.05) is 0 Å². The SMILES string of the molecule is c1cc(NCc2csc3ccccc23)c2n[se]nc2c1. The zero-order valence-electron chi connectivity index (χ0n) is 10.5. The van der Waals surface area contributed by atoms with E-state index in [1.807, 2.05) is 12.1 Å². The molecule has 5 heteroatoms. The Bertz CT molecular complexity index is 881. The van der Waals surface area contributed by atoms with Crippen molar-refractivity contribution in [2.45, 2.75) is 6.54 Å². The molecule has 2 aromatic carbocycles. The second-order valence-electron chi connectivity index (χ2n) is 4.55. The van der Waals surface area contributed by atoms with Gasteiger partial charge in [0.2, 0.25) is 0 Å². The van der Waals surface area contributed by atoms with Gasteiger partial charge in [0, 0.05) is 0 Å². The van der Waals surface area contributed by atoms with E-state index in [0.29, 0.717) is 0 Å². The van der Waals surface area contributed by atoms with E-state index in [1.165, 1.54) is 15.6 Å². The van der Waals surface area contributed by atoms with Crippen LogP contribution in [-0.4, -0.2) is 22.9 Å². The predicted octanol–water partition coefficient (Wildman–Crippen LogP) is 3.51. The van der Waals surface area contributed by atoms with Crippen LogP contribution in [0.25, 0.3) is 21.1 Å². The minimum atomic E-state index is 0.0230. The fraction of sp³-hybridized carbons (Fsp3) is 0.0667. The van der Waals surface area contributed by atoms with Crippen LogP contribution >= 0.6 is 11.3 Å². The van der Waals surface area contributed by atoms with E-state index in [4.69, 9.17) is 0 Å². The standard InChI is InChI=1S/C15H11N3SSe/c1-2-7-14-11(4-1)10(9-19-14)8-16-12-5-3-6-13-15(12)18-20-17-13/h1-7,9,16H,8H2. The third-order valence-electron chi connectivity index (χ3n) is 3.32. The molecule has 0 aliphatic carbocycles. The van der Waals surface area contributed by atoms with Gasteiger partial charge in [-0.15, -0.1) is 0 Å². The molecule has 0 bridgehead atoms. The molecule has 0 saturated carbocycles. The van der Waals surface area contributed by atoms with Gasteiger partial charge in [-0.2, -0.15) is 0 Å². The van der Waals surface area contributed by atoms with Crippen LogP contribution in [0.2, 0.25) is 0 Å². The van der Waals surface area contributed by atoms with Crippen LogP contribution in [0.3, 0.4) is 0 Å². The fourth-order valence-corrected chi connectivity index (χ4v) is 4.42. The van der Waals surface area contributed by atoms with Crippen molar-refractivity contribution in [2.75, 3.05) is 5.32 Å². The molecule has 2 aromatic heterocycles. The van der Waals surface area contributed by atoms with Gasteiger partial charge in [0.1, 0.15) is 0 Å². The van der Waals surface area contributed by atoms with Crippen molar-refractivity contribution in [2.24, 2.45) is 0 Å². The predicted molar refractivity (Wildman–Crippen MR) is 85.6 cm³/mol. The Hall–Kier alpha value is -1.68. The first kappa shape index (κ1) is 12.1. The average Bonchev–Trinajstić information content (AvgIpc) is 3.12. The number of nitrogens with one attached hydrogen (secondary N) is 1. The summed E-state index contributed by atoms with van der Waals surface area (Å²) >= 11 is 1.82. The minimum absolute atomic E-state index is 0.0230. The Balaban J connectivity index is 1.66. The van der Waals surface area contributed by atoms with Crippen molar-refractivity contribution >= 4 is 53.1 Å². The Labute approximate surface area is 126 Å². The first-order chi connectivity index (χ1) is 9.92. The number of anilines is 1. The first-order valence-electron chi connectivity index (χ1n) is 6.32. The molecule has 1 N–H and O–H groups in total. The summed E-state index contributed by atoms with van der Waals surface area (Å²) in [7, 11) is 0. The molecule has 20 heavy (non-hydrogen) atoms. The van der Waals surface area contributed by atoms with Crippen LogP contribution in [0.5, 0.6) is 0 Å². The maximum atomic E-state index is 4.50. The molecule has 0 radical (unpaired) electrons. The van der Waals surface area contributed by atoms with Gasteiger partial charge in [0.15, 0.2) is 0 Å². The molecule has 3 nitrogen and oxygen atoms in total. The Kier molecular flexibility index (Phi) is 3.03. The van der Waals surface area contributed by atoms with E-state index in [2.05, 4.69) is 49.0 Å². The van der Waals surface area contributed by atoms with Crippen LogP contribution in [0.4, 0.5) is 5.69 Å². The van der Waals surface area contributed by atoms with Gasteiger partial charge >= 0.3 is 126 Å². The van der Waals surface area contributed by atoms with Gasteiger partial charge in [-0.05, 0) is 0 Å². The van der Waals surface area contributed by atoms with Gasteiger partial charge < -0.3 is 0 Å². The summed E-state index contributed by atoms with van der Waals surface area (Å²) in [6.07, 6.45) is 0. The third-order valence-corrected chi connectivity index (χ3v) is 5.47. The van der Waals surface area contributed by atoms with E-state index in [1.54, 1.807) is 11.3 Å². The number of benzene rings is 2. The third kappa shape index (κ3) is 2.04. The quantitative estimate of drug-likeness (QED) is 0.578. The van der Waals surface area contributed by atoms with Gasteiger partial charge in [0.25, 0.3) is 0 Å². The average molecular weight is 344 g/mol. The van der Waals surface area contributed by atoms with Crippen molar-refractivity contribution in [3.63, 3.8) is 0 Å². The van der Waals surface area contributed by atoms with Crippen molar-refractivity contribution in [1.82, 2.24) is 7.96 Å². The number of hydrogen-bond donors (Lipinski definition) is 1. The summed E-state index contributed by atoms with van der Waals surface area (Å²) in [4.78, 5) is 0. The molecule has 0 atom stereocenters. The number of thiophene rings is 1. The topological polar surface area (TPSA) is 37.8 Å². The molecule has 0 spiro atoms. The zero-order chi connectivity index (χ0) is 13.4. The summed E-state index contributed by atoms with van der Waals surface area (Å²) < 4.78 is 10.2. The summed E-state index contributed by atoms with van der Waals surface area (Å²) in [6.45, 7) is 0.822. The van der Waals surface area contributed by atoms with Gasteiger partial charge in [-0.25, -0.2) is 0 Å². The first-order valence-corrected chi connectivity index (χ1v) is 8.73. The normalized spacial score (nSPS) is 11.2. The van der Waals surface area contributed by atoms with E-state index >= 15 is 0 Å². The van der Waals surface area contributed by atoms with E-state index in [9.17, 15) is 0 Å². The number of fused-ring (bicyclic) bond motifs is 2. The molecule has 4 rings (SSSR count).